The Morgan fingerprint density at radius 3 is 2.53 bits per heavy atom. The molecule has 3 heterocycles. The Hall–Kier alpha value is -4.13. The Labute approximate surface area is 193 Å². The molecule has 0 saturated heterocycles. The minimum Gasteiger partial charge on any atom is -0.478 e. The molecule has 1 atom stereocenters. The van der Waals surface area contributed by atoms with Crippen LogP contribution in [0.25, 0.3) is 22.3 Å². The average Bonchev–Trinajstić information content (AvgIpc) is 3.49. The van der Waals surface area contributed by atoms with Gasteiger partial charge in [-0.25, -0.2) is 9.59 Å². The number of hydrogen-bond donors (Lipinski definition) is 1. The minimum atomic E-state index is -0.992. The van der Waals surface area contributed by atoms with Crippen LogP contribution < -0.4 is 10.4 Å². The molecule has 0 radical (unpaired) electrons. The zero-order chi connectivity index (χ0) is 23.6. The van der Waals surface area contributed by atoms with E-state index in [0.717, 1.165) is 35.1 Å². The van der Waals surface area contributed by atoms with Crippen LogP contribution >= 0.6 is 0 Å². The van der Waals surface area contributed by atoms with Crippen LogP contribution in [0.5, 0.6) is 5.75 Å². The number of aromatic carboxylic acids is 1. The van der Waals surface area contributed by atoms with Gasteiger partial charge in [0.25, 0.3) is 0 Å². The SMILES string of the molecule is Cc1cc2oc(=O)c3c(c2c2c1[C@@H](c1ccc(-c4ccc(C(=O)O)cc4)o1)CC(=O)O2)CCC3. The van der Waals surface area contributed by atoms with E-state index in [0.29, 0.717) is 40.2 Å². The third-order valence-corrected chi connectivity index (χ3v) is 6.78. The van der Waals surface area contributed by atoms with Crippen molar-refractivity contribution in [2.24, 2.45) is 0 Å². The highest BCUT2D eigenvalue weighted by molar-refractivity contribution is 5.95. The van der Waals surface area contributed by atoms with Gasteiger partial charge in [-0.3, -0.25) is 4.79 Å². The molecule has 2 aromatic heterocycles. The smallest absolute Gasteiger partial charge is 0.339 e. The molecule has 0 amide bonds. The summed E-state index contributed by atoms with van der Waals surface area (Å²) in [5, 5.41) is 9.83. The maximum atomic E-state index is 12.7. The standard InChI is InChI=1S/C27H20O7/c1-13-11-21-24(16-3-2-4-17(16)27(31)33-21)25-23(13)18(12-22(28)34-25)20-10-9-19(32-20)14-5-7-15(8-6-14)26(29)30/h5-11,18H,2-4,12H2,1H3,(H,29,30)/t18-/m1/s1. The molecule has 6 rings (SSSR count). The quantitative estimate of drug-likeness (QED) is 0.263. The van der Waals surface area contributed by atoms with Gasteiger partial charge in [-0.15, -0.1) is 0 Å². The van der Waals surface area contributed by atoms with Crippen LogP contribution in [0.15, 0.2) is 56.1 Å². The molecular weight excluding hydrogens is 436 g/mol. The zero-order valence-electron chi connectivity index (χ0n) is 18.3. The number of aryl methyl sites for hydroxylation is 2. The van der Waals surface area contributed by atoms with Crippen molar-refractivity contribution in [3.63, 3.8) is 0 Å². The number of carbonyl (C=O) groups excluding carboxylic acids is 1. The zero-order valence-corrected chi connectivity index (χ0v) is 18.3. The van der Waals surface area contributed by atoms with Gasteiger partial charge in [0.2, 0.25) is 0 Å². The van der Waals surface area contributed by atoms with Gasteiger partial charge >= 0.3 is 17.6 Å². The van der Waals surface area contributed by atoms with Crippen LogP contribution in [0.3, 0.4) is 0 Å². The molecule has 0 unspecified atom stereocenters. The highest BCUT2D eigenvalue weighted by Crippen LogP contribution is 2.47. The number of benzene rings is 2. The van der Waals surface area contributed by atoms with E-state index in [4.69, 9.17) is 18.7 Å². The van der Waals surface area contributed by atoms with Crippen LogP contribution in [-0.2, 0) is 17.6 Å². The summed E-state index contributed by atoms with van der Waals surface area (Å²) in [6.07, 6.45) is 2.40. The largest absolute Gasteiger partial charge is 0.478 e. The number of carbonyl (C=O) groups is 2. The summed E-state index contributed by atoms with van der Waals surface area (Å²) < 4.78 is 17.5. The fourth-order valence-electron chi connectivity index (χ4n) is 5.22. The monoisotopic (exact) mass is 456 g/mol. The van der Waals surface area contributed by atoms with Crippen LogP contribution in [0.4, 0.5) is 0 Å². The van der Waals surface area contributed by atoms with E-state index in [1.807, 2.05) is 25.1 Å². The number of esters is 1. The van der Waals surface area contributed by atoms with Gasteiger partial charge in [0.05, 0.1) is 23.3 Å². The molecule has 7 heteroatoms. The van der Waals surface area contributed by atoms with Crippen LogP contribution in [0, 0.1) is 6.92 Å². The normalized spacial score (nSPS) is 16.9. The molecule has 7 nitrogen and oxygen atoms in total. The van der Waals surface area contributed by atoms with Crippen molar-refractivity contribution in [2.75, 3.05) is 0 Å². The van der Waals surface area contributed by atoms with Crippen molar-refractivity contribution in [1.82, 2.24) is 0 Å². The van der Waals surface area contributed by atoms with Crippen molar-refractivity contribution in [1.29, 1.82) is 0 Å². The molecule has 34 heavy (non-hydrogen) atoms. The van der Waals surface area contributed by atoms with Gasteiger partial charge in [0.1, 0.15) is 22.9 Å². The maximum absolute atomic E-state index is 12.7. The lowest BCUT2D eigenvalue weighted by molar-refractivity contribution is -0.135. The van der Waals surface area contributed by atoms with E-state index in [1.165, 1.54) is 12.1 Å². The lowest BCUT2D eigenvalue weighted by Gasteiger charge is -2.26. The Kier molecular flexibility index (Phi) is 4.49. The Bertz CT molecular complexity index is 1550. The average molecular weight is 456 g/mol. The maximum Gasteiger partial charge on any atom is 0.339 e. The van der Waals surface area contributed by atoms with Crippen LogP contribution in [0.2, 0.25) is 0 Å². The molecule has 2 aliphatic rings. The molecule has 1 aliphatic heterocycles. The van der Waals surface area contributed by atoms with Gasteiger partial charge in [-0.2, -0.15) is 0 Å². The molecule has 2 aromatic carbocycles. The molecular formula is C27H20O7. The summed E-state index contributed by atoms with van der Waals surface area (Å²) in [5.41, 5.74) is 4.35. The third kappa shape index (κ3) is 3.08. The van der Waals surface area contributed by atoms with Crippen LogP contribution in [0.1, 0.15) is 57.1 Å². The molecule has 0 saturated carbocycles. The molecule has 4 aromatic rings. The number of hydrogen-bond acceptors (Lipinski definition) is 6. The first-order valence-corrected chi connectivity index (χ1v) is 11.2. The second-order valence-corrected chi connectivity index (χ2v) is 8.82. The summed E-state index contributed by atoms with van der Waals surface area (Å²) in [7, 11) is 0. The first kappa shape index (κ1) is 20.5. The van der Waals surface area contributed by atoms with Crippen molar-refractivity contribution >= 4 is 22.9 Å². The Balaban J connectivity index is 1.49. The van der Waals surface area contributed by atoms with E-state index in [9.17, 15) is 14.4 Å². The van der Waals surface area contributed by atoms with Gasteiger partial charge in [0.15, 0.2) is 0 Å². The van der Waals surface area contributed by atoms with Gasteiger partial charge < -0.3 is 18.7 Å². The first-order chi connectivity index (χ1) is 16.4. The fraction of sp³-hybridized carbons (Fsp3) is 0.222. The summed E-state index contributed by atoms with van der Waals surface area (Å²) >= 11 is 0. The second-order valence-electron chi connectivity index (χ2n) is 8.82. The second kappa shape index (κ2) is 7.45. The van der Waals surface area contributed by atoms with Crippen molar-refractivity contribution in [2.45, 2.75) is 38.5 Å². The number of ether oxygens (including phenoxy) is 1. The summed E-state index contributed by atoms with van der Waals surface area (Å²) in [5.74, 6) is -0.0526. The number of carboxylic acids is 1. The van der Waals surface area contributed by atoms with Gasteiger partial charge in [-0.05, 0) is 67.6 Å². The highest BCUT2D eigenvalue weighted by Gasteiger charge is 2.36. The number of furan rings is 1. The van der Waals surface area contributed by atoms with E-state index in [-0.39, 0.29) is 29.5 Å². The Morgan fingerprint density at radius 2 is 1.76 bits per heavy atom. The van der Waals surface area contributed by atoms with Crippen LogP contribution in [-0.4, -0.2) is 17.0 Å². The number of rotatable bonds is 3. The van der Waals surface area contributed by atoms with Crippen molar-refractivity contribution in [3.05, 3.63) is 86.5 Å². The predicted octanol–water partition coefficient (Wildman–Crippen LogP) is 4.99. The number of fused-ring (bicyclic) bond motifs is 5. The molecule has 0 fully saturated rings. The van der Waals surface area contributed by atoms with E-state index in [1.54, 1.807) is 12.1 Å². The first-order valence-electron chi connectivity index (χ1n) is 11.2. The topological polar surface area (TPSA) is 107 Å². The molecule has 170 valence electrons. The number of carboxylic acid groups (broad SMARTS) is 1. The summed E-state index contributed by atoms with van der Waals surface area (Å²) in [6, 6.07) is 11.9. The van der Waals surface area contributed by atoms with E-state index in [2.05, 4.69) is 0 Å². The third-order valence-electron chi connectivity index (χ3n) is 6.78. The van der Waals surface area contributed by atoms with Crippen molar-refractivity contribution < 1.29 is 28.3 Å². The van der Waals surface area contributed by atoms with Gasteiger partial charge in [-0.1, -0.05) is 12.1 Å². The van der Waals surface area contributed by atoms with Gasteiger partial charge in [0, 0.05) is 16.7 Å². The predicted molar refractivity (Wildman–Crippen MR) is 122 cm³/mol. The lowest BCUT2D eigenvalue weighted by Crippen LogP contribution is -2.22. The summed E-state index contributed by atoms with van der Waals surface area (Å²) in [4.78, 5) is 36.3. The van der Waals surface area contributed by atoms with E-state index < -0.39 is 5.97 Å². The molecule has 0 bridgehead atoms. The van der Waals surface area contributed by atoms with Crippen molar-refractivity contribution in [3.8, 4) is 17.1 Å². The minimum absolute atomic E-state index is 0.128. The molecule has 1 N–H and O–H groups in total. The fourth-order valence-corrected chi connectivity index (χ4v) is 5.22. The van der Waals surface area contributed by atoms with E-state index >= 15 is 0 Å². The lowest BCUT2D eigenvalue weighted by atomic mass is 9.85. The summed E-state index contributed by atoms with van der Waals surface area (Å²) in [6.45, 7) is 1.91. The molecule has 1 aliphatic carbocycles. The highest BCUT2D eigenvalue weighted by atomic mass is 16.5. The Morgan fingerprint density at radius 1 is 1.00 bits per heavy atom. The molecule has 0 spiro atoms.